The zero-order chi connectivity index (χ0) is 18.2. The van der Waals surface area contributed by atoms with Gasteiger partial charge in [0.1, 0.15) is 5.70 Å². The highest BCUT2D eigenvalue weighted by Crippen LogP contribution is 2.30. The maximum atomic E-state index is 11.9. The molecule has 0 spiro atoms. The fourth-order valence-electron chi connectivity index (χ4n) is 2.75. The number of benzene rings is 1. The summed E-state index contributed by atoms with van der Waals surface area (Å²) in [6.07, 6.45) is 3.19. The van der Waals surface area contributed by atoms with Gasteiger partial charge in [-0.15, -0.1) is 0 Å². The summed E-state index contributed by atoms with van der Waals surface area (Å²) in [5.74, 6) is -1.27. The summed E-state index contributed by atoms with van der Waals surface area (Å²) >= 11 is 0. The quantitative estimate of drug-likeness (QED) is 0.594. The van der Waals surface area contributed by atoms with Gasteiger partial charge in [0.05, 0.1) is 26.9 Å². The third-order valence-electron chi connectivity index (χ3n) is 4.01. The van der Waals surface area contributed by atoms with Gasteiger partial charge in [-0.25, -0.2) is 9.59 Å². The van der Waals surface area contributed by atoms with Crippen LogP contribution in [0.25, 0.3) is 0 Å². The van der Waals surface area contributed by atoms with Crippen molar-refractivity contribution in [2.24, 2.45) is 0 Å². The molecule has 0 bridgehead atoms. The van der Waals surface area contributed by atoms with Gasteiger partial charge in [-0.05, 0) is 30.5 Å². The van der Waals surface area contributed by atoms with Crippen molar-refractivity contribution >= 4 is 23.3 Å². The van der Waals surface area contributed by atoms with E-state index in [0.29, 0.717) is 12.3 Å². The van der Waals surface area contributed by atoms with Crippen LogP contribution in [0.5, 0.6) is 0 Å². The molecule has 0 fully saturated rings. The molecule has 1 aromatic rings. The van der Waals surface area contributed by atoms with Crippen molar-refractivity contribution < 1.29 is 23.8 Å². The average molecular weight is 348 g/mol. The number of esters is 2. The predicted molar refractivity (Wildman–Crippen MR) is 94.6 cm³/mol. The number of fused-ring (bicyclic) bond motifs is 1. The highest BCUT2D eigenvalue weighted by atomic mass is 16.5. The summed E-state index contributed by atoms with van der Waals surface area (Å²) in [7, 11) is 4.19. The van der Waals surface area contributed by atoms with Gasteiger partial charge in [0, 0.05) is 31.6 Å². The van der Waals surface area contributed by atoms with Gasteiger partial charge >= 0.3 is 11.9 Å². The van der Waals surface area contributed by atoms with Gasteiger partial charge in [0.25, 0.3) is 0 Å². The third-order valence-corrected chi connectivity index (χ3v) is 4.01. The first-order valence-corrected chi connectivity index (χ1v) is 8.10. The van der Waals surface area contributed by atoms with Crippen molar-refractivity contribution in [1.82, 2.24) is 0 Å². The average Bonchev–Trinajstić information content (AvgIpc) is 2.64. The minimum atomic E-state index is -0.639. The monoisotopic (exact) mass is 348 g/mol. The van der Waals surface area contributed by atoms with Crippen molar-refractivity contribution in [2.75, 3.05) is 51.2 Å². The topological polar surface area (TPSA) is 77.1 Å². The maximum Gasteiger partial charge on any atom is 0.354 e. The number of aryl methyl sites for hydroxylation is 1. The summed E-state index contributed by atoms with van der Waals surface area (Å²) < 4.78 is 14.5. The van der Waals surface area contributed by atoms with Gasteiger partial charge in [-0.2, -0.15) is 0 Å². The van der Waals surface area contributed by atoms with Gasteiger partial charge in [0.15, 0.2) is 0 Å². The highest BCUT2D eigenvalue weighted by molar-refractivity contribution is 5.98. The van der Waals surface area contributed by atoms with Crippen LogP contribution in [0.4, 0.5) is 11.4 Å². The summed E-state index contributed by atoms with van der Waals surface area (Å²) in [6.45, 7) is 2.41. The lowest BCUT2D eigenvalue weighted by molar-refractivity contribution is -0.138. The Morgan fingerprint density at radius 1 is 1.24 bits per heavy atom. The van der Waals surface area contributed by atoms with Crippen molar-refractivity contribution in [3.8, 4) is 0 Å². The maximum absolute atomic E-state index is 11.9. The van der Waals surface area contributed by atoms with Gasteiger partial charge in [0.2, 0.25) is 0 Å². The Morgan fingerprint density at radius 2 is 2.04 bits per heavy atom. The second kappa shape index (κ2) is 9.08. The summed E-state index contributed by atoms with van der Waals surface area (Å²) in [5, 5.41) is 2.95. The van der Waals surface area contributed by atoms with E-state index >= 15 is 0 Å². The molecule has 0 aliphatic carbocycles. The molecule has 25 heavy (non-hydrogen) atoms. The number of nitrogens with zero attached hydrogens (tertiary/aromatic N) is 1. The van der Waals surface area contributed by atoms with Gasteiger partial charge < -0.3 is 24.4 Å². The molecule has 0 saturated carbocycles. The molecule has 0 unspecified atom stereocenters. The minimum absolute atomic E-state index is 0.0218. The molecule has 1 aromatic carbocycles. The van der Waals surface area contributed by atoms with Crippen LogP contribution < -0.4 is 10.2 Å². The summed E-state index contributed by atoms with van der Waals surface area (Å²) in [5.41, 5.74) is 3.08. The first-order valence-electron chi connectivity index (χ1n) is 8.10. The van der Waals surface area contributed by atoms with Crippen LogP contribution in [0.15, 0.2) is 30.0 Å². The Morgan fingerprint density at radius 3 is 2.72 bits per heavy atom. The minimum Gasteiger partial charge on any atom is -0.466 e. The molecule has 7 heteroatoms. The van der Waals surface area contributed by atoms with Crippen LogP contribution in [-0.4, -0.2) is 53.0 Å². The van der Waals surface area contributed by atoms with Gasteiger partial charge in [-0.1, -0.05) is 6.07 Å². The molecule has 2 rings (SSSR count). The molecule has 0 amide bonds. The van der Waals surface area contributed by atoms with E-state index in [1.807, 2.05) is 18.2 Å². The van der Waals surface area contributed by atoms with Crippen LogP contribution in [0.1, 0.15) is 12.0 Å². The Balaban J connectivity index is 2.25. The second-order valence-corrected chi connectivity index (χ2v) is 5.62. The molecule has 7 nitrogen and oxygen atoms in total. The zero-order valence-corrected chi connectivity index (χ0v) is 14.8. The van der Waals surface area contributed by atoms with E-state index < -0.39 is 11.9 Å². The number of anilines is 2. The molecule has 1 heterocycles. The Bertz CT molecular complexity index is 657. The fourth-order valence-corrected chi connectivity index (χ4v) is 2.75. The molecule has 1 N–H and O–H groups in total. The molecule has 0 radical (unpaired) electrons. The summed E-state index contributed by atoms with van der Waals surface area (Å²) in [6, 6.07) is 5.88. The van der Waals surface area contributed by atoms with E-state index in [4.69, 9.17) is 9.47 Å². The summed E-state index contributed by atoms with van der Waals surface area (Å²) in [4.78, 5) is 25.6. The lowest BCUT2D eigenvalue weighted by Gasteiger charge is -2.31. The lowest BCUT2D eigenvalue weighted by Crippen LogP contribution is -2.32. The van der Waals surface area contributed by atoms with Crippen molar-refractivity contribution in [3.05, 3.63) is 35.5 Å². The van der Waals surface area contributed by atoms with E-state index in [-0.39, 0.29) is 5.70 Å². The molecule has 0 aromatic heterocycles. The van der Waals surface area contributed by atoms with Crippen molar-refractivity contribution in [2.45, 2.75) is 12.8 Å². The van der Waals surface area contributed by atoms with E-state index in [9.17, 15) is 9.59 Å². The number of hydrogen-bond donors (Lipinski definition) is 1. The highest BCUT2D eigenvalue weighted by Gasteiger charge is 2.18. The Kier molecular flexibility index (Phi) is 6.82. The first kappa shape index (κ1) is 18.8. The number of carbonyl (C=O) groups is 2. The van der Waals surface area contributed by atoms with Crippen LogP contribution in [0.2, 0.25) is 0 Å². The number of ether oxygens (including phenoxy) is 3. The lowest BCUT2D eigenvalue weighted by atomic mass is 10.0. The van der Waals surface area contributed by atoms with Crippen molar-refractivity contribution in [1.29, 1.82) is 0 Å². The normalized spacial score (nSPS) is 13.9. The molecule has 0 saturated heterocycles. The van der Waals surface area contributed by atoms with Crippen LogP contribution in [0, 0.1) is 0 Å². The molecular formula is C18H24N2O5. The van der Waals surface area contributed by atoms with Crippen LogP contribution in [-0.2, 0) is 30.2 Å². The van der Waals surface area contributed by atoms with Gasteiger partial charge in [-0.3, -0.25) is 0 Å². The Labute approximate surface area is 147 Å². The standard InChI is InChI=1S/C18H24N2O5/c1-23-10-9-20-8-4-5-13-6-7-14(11-16(13)20)19-15(18(22)25-3)12-17(21)24-2/h6-7,11-12,19H,4-5,8-10H2,1-3H3/b15-12+. The molecule has 1 aliphatic rings. The molecule has 136 valence electrons. The number of carbonyl (C=O) groups excluding carboxylic acids is 2. The van der Waals surface area contributed by atoms with E-state index in [1.54, 1.807) is 7.11 Å². The predicted octanol–water partition coefficient (Wildman–Crippen LogP) is 1.73. The van der Waals surface area contributed by atoms with E-state index in [1.165, 1.54) is 19.8 Å². The smallest absolute Gasteiger partial charge is 0.354 e. The number of hydrogen-bond acceptors (Lipinski definition) is 7. The number of methoxy groups -OCH3 is 3. The van der Waals surface area contributed by atoms with Crippen LogP contribution >= 0.6 is 0 Å². The number of nitrogens with one attached hydrogen (secondary N) is 1. The molecular weight excluding hydrogens is 324 g/mol. The molecule has 0 atom stereocenters. The zero-order valence-electron chi connectivity index (χ0n) is 14.8. The third kappa shape index (κ3) is 4.96. The fraction of sp³-hybridized carbons (Fsp3) is 0.444. The van der Waals surface area contributed by atoms with Crippen molar-refractivity contribution in [3.63, 3.8) is 0 Å². The number of rotatable bonds is 7. The Hall–Kier alpha value is -2.54. The van der Waals surface area contributed by atoms with Crippen LogP contribution in [0.3, 0.4) is 0 Å². The first-order chi connectivity index (χ1) is 12.1. The molecule has 1 aliphatic heterocycles. The second-order valence-electron chi connectivity index (χ2n) is 5.62. The largest absolute Gasteiger partial charge is 0.466 e. The SMILES string of the molecule is COCCN1CCCc2ccc(N/C(=C/C(=O)OC)C(=O)OC)cc21. The van der Waals surface area contributed by atoms with E-state index in [0.717, 1.165) is 37.7 Å². The van der Waals surface area contributed by atoms with E-state index in [2.05, 4.69) is 15.0 Å².